The van der Waals surface area contributed by atoms with Crippen molar-refractivity contribution >= 4 is 35.0 Å². The average molecular weight is 268 g/mol. The predicted molar refractivity (Wildman–Crippen MR) is 65.3 cm³/mol. The Kier molecular flexibility index (Phi) is 8.22. The number of unbranched alkanes of at least 4 members (excludes halogenated alkanes) is 1. The Morgan fingerprint density at radius 3 is 2.69 bits per heavy atom. The van der Waals surface area contributed by atoms with Gasteiger partial charge in [-0.3, -0.25) is 9.02 Å². The predicted octanol–water partition coefficient (Wildman–Crippen LogP) is 1.71. The number of amides is 1. The Bertz CT molecular complexity index is 279. The third-order valence-electron chi connectivity index (χ3n) is 1.42. The van der Waals surface area contributed by atoms with Crippen LogP contribution in [0.25, 0.3) is 0 Å². The topological polar surface area (TPSA) is 68.2 Å². The van der Waals surface area contributed by atoms with E-state index in [-0.39, 0.29) is 0 Å². The van der Waals surface area contributed by atoms with Crippen molar-refractivity contribution in [1.29, 1.82) is 0 Å². The Hall–Kier alpha value is -0.600. The van der Waals surface area contributed by atoms with E-state index >= 15 is 0 Å². The van der Waals surface area contributed by atoms with E-state index in [1.165, 1.54) is 7.05 Å². The van der Waals surface area contributed by atoms with Gasteiger partial charge in [-0.2, -0.15) is 0 Å². The minimum atomic E-state index is -1.85. The second-order valence-electron chi connectivity index (χ2n) is 2.89. The molecule has 0 bridgehead atoms. The number of hydrogen-bond acceptors (Lipinski definition) is 5. The average Bonchev–Trinajstić information content (AvgIpc) is 2.24. The summed E-state index contributed by atoms with van der Waals surface area (Å²) in [6.07, 6.45) is 0.847. The van der Waals surface area contributed by atoms with Gasteiger partial charge in [0.1, 0.15) is 5.04 Å². The first kappa shape index (κ1) is 15.4. The van der Waals surface area contributed by atoms with Crippen LogP contribution in [0.5, 0.6) is 0 Å². The molecule has 6 nitrogen and oxygen atoms in total. The van der Waals surface area contributed by atoms with Gasteiger partial charge in [0.05, 0.1) is 6.61 Å². The van der Waals surface area contributed by atoms with Crippen LogP contribution in [0.4, 0.5) is 4.79 Å². The third-order valence-corrected chi connectivity index (χ3v) is 2.46. The van der Waals surface area contributed by atoms with Crippen molar-refractivity contribution in [2.45, 2.75) is 26.7 Å². The van der Waals surface area contributed by atoms with Gasteiger partial charge >= 0.3 is 6.09 Å². The van der Waals surface area contributed by atoms with Crippen LogP contribution in [0.15, 0.2) is 5.16 Å². The van der Waals surface area contributed by atoms with Crippen molar-refractivity contribution in [3.8, 4) is 0 Å². The lowest BCUT2D eigenvalue weighted by Crippen LogP contribution is -2.29. The first-order chi connectivity index (χ1) is 7.49. The molecule has 0 radical (unpaired) electrons. The normalized spacial score (nSPS) is 13.4. The number of rotatable bonds is 6. The standard InChI is InChI=1S/C8H16N2O4S2/c1-4-5-6-13-16(12)10(3)8(11)14-9-7(2)15/h4-6H2,1-3H3,(H,9,15). The molecule has 94 valence electrons. The first-order valence-corrected chi connectivity index (χ1v) is 6.20. The van der Waals surface area contributed by atoms with E-state index in [9.17, 15) is 9.00 Å². The molecule has 0 rings (SSSR count). The summed E-state index contributed by atoms with van der Waals surface area (Å²) >= 11 is 1.96. The molecule has 0 aliphatic heterocycles. The number of oxime groups is 1. The van der Waals surface area contributed by atoms with Gasteiger partial charge in [0.2, 0.25) is 0 Å². The SMILES string of the molecule is CCCCOS(=O)N(C)C(=O)ON=C(C)S. The number of thiol groups is 1. The summed E-state index contributed by atoms with van der Waals surface area (Å²) in [7, 11) is 1.30. The molecule has 1 amide bonds. The summed E-state index contributed by atoms with van der Waals surface area (Å²) in [6.45, 7) is 3.86. The van der Waals surface area contributed by atoms with Gasteiger partial charge < -0.3 is 0 Å². The Morgan fingerprint density at radius 1 is 1.56 bits per heavy atom. The summed E-state index contributed by atoms with van der Waals surface area (Å²) in [6, 6.07) is 0. The van der Waals surface area contributed by atoms with E-state index in [0.717, 1.165) is 17.1 Å². The van der Waals surface area contributed by atoms with E-state index in [0.29, 0.717) is 11.7 Å². The molecule has 0 aromatic heterocycles. The summed E-state index contributed by atoms with van der Waals surface area (Å²) in [4.78, 5) is 15.6. The van der Waals surface area contributed by atoms with Crippen LogP contribution in [0.1, 0.15) is 26.7 Å². The lowest BCUT2D eigenvalue weighted by molar-refractivity contribution is 0.133. The molecule has 0 spiro atoms. The minimum absolute atomic E-state index is 0.291. The summed E-state index contributed by atoms with van der Waals surface area (Å²) < 4.78 is 17.1. The van der Waals surface area contributed by atoms with Gasteiger partial charge in [0.15, 0.2) is 0 Å². The lowest BCUT2D eigenvalue weighted by atomic mass is 10.4. The highest BCUT2D eigenvalue weighted by molar-refractivity contribution is 7.96. The fourth-order valence-electron chi connectivity index (χ4n) is 0.577. The largest absolute Gasteiger partial charge is 0.449 e. The zero-order chi connectivity index (χ0) is 12.6. The van der Waals surface area contributed by atoms with Gasteiger partial charge in [-0.15, -0.1) is 12.6 Å². The van der Waals surface area contributed by atoms with Crippen molar-refractivity contribution in [2.75, 3.05) is 13.7 Å². The molecule has 0 aliphatic carbocycles. The maximum Gasteiger partial charge on any atom is 0.449 e. The number of carbonyl (C=O) groups excluding carboxylic acids is 1. The number of hydrogen-bond donors (Lipinski definition) is 1. The zero-order valence-corrected chi connectivity index (χ0v) is 11.2. The minimum Gasteiger partial charge on any atom is -0.296 e. The molecule has 0 heterocycles. The monoisotopic (exact) mass is 268 g/mol. The molecule has 8 heteroatoms. The molecular formula is C8H16N2O4S2. The number of nitrogens with zero attached hydrogens (tertiary/aromatic N) is 2. The van der Waals surface area contributed by atoms with Crippen molar-refractivity contribution < 1.29 is 18.0 Å². The molecule has 0 aromatic carbocycles. The van der Waals surface area contributed by atoms with Crippen LogP contribution in [0, 0.1) is 0 Å². The molecule has 0 saturated carbocycles. The third kappa shape index (κ3) is 6.81. The van der Waals surface area contributed by atoms with Gasteiger partial charge in [0.25, 0.3) is 11.3 Å². The Labute approximate surface area is 103 Å². The smallest absolute Gasteiger partial charge is 0.296 e. The molecule has 0 aliphatic rings. The fraction of sp³-hybridized carbons (Fsp3) is 0.750. The van der Waals surface area contributed by atoms with Gasteiger partial charge in [0, 0.05) is 7.05 Å². The van der Waals surface area contributed by atoms with E-state index in [4.69, 9.17) is 4.18 Å². The molecule has 0 fully saturated rings. The highest BCUT2D eigenvalue weighted by Gasteiger charge is 2.17. The summed E-state index contributed by atoms with van der Waals surface area (Å²) in [5.74, 6) is 0. The van der Waals surface area contributed by atoms with Gasteiger partial charge in [-0.1, -0.05) is 18.5 Å². The lowest BCUT2D eigenvalue weighted by Gasteiger charge is -2.12. The highest BCUT2D eigenvalue weighted by Crippen LogP contribution is 2.00. The maximum atomic E-state index is 11.4. The Morgan fingerprint density at radius 2 is 2.19 bits per heavy atom. The molecule has 0 saturated heterocycles. The first-order valence-electron chi connectivity index (χ1n) is 4.72. The van der Waals surface area contributed by atoms with Crippen molar-refractivity contribution in [1.82, 2.24) is 4.31 Å². The van der Waals surface area contributed by atoms with Crippen LogP contribution in [0.2, 0.25) is 0 Å². The number of carbonyl (C=O) groups is 1. The van der Waals surface area contributed by atoms with Crippen molar-refractivity contribution in [2.24, 2.45) is 5.16 Å². The van der Waals surface area contributed by atoms with Crippen LogP contribution < -0.4 is 0 Å². The van der Waals surface area contributed by atoms with Gasteiger partial charge in [-0.05, 0) is 13.3 Å². The van der Waals surface area contributed by atoms with Crippen LogP contribution in [0.3, 0.4) is 0 Å². The molecule has 0 aromatic rings. The molecule has 1 atom stereocenters. The second kappa shape index (κ2) is 8.54. The molecular weight excluding hydrogens is 252 g/mol. The Balaban J connectivity index is 4.02. The quantitative estimate of drug-likeness (QED) is 0.199. The fourth-order valence-corrected chi connectivity index (χ4v) is 1.19. The van der Waals surface area contributed by atoms with Crippen LogP contribution in [-0.4, -0.2) is 33.3 Å². The van der Waals surface area contributed by atoms with E-state index in [2.05, 4.69) is 22.6 Å². The molecule has 0 N–H and O–H groups in total. The van der Waals surface area contributed by atoms with Crippen LogP contribution >= 0.6 is 12.6 Å². The van der Waals surface area contributed by atoms with Crippen molar-refractivity contribution in [3.63, 3.8) is 0 Å². The maximum absolute atomic E-state index is 11.4. The molecule has 1 unspecified atom stereocenters. The van der Waals surface area contributed by atoms with E-state index in [1.807, 2.05) is 6.92 Å². The van der Waals surface area contributed by atoms with Gasteiger partial charge in [-0.25, -0.2) is 13.3 Å². The van der Waals surface area contributed by atoms with Crippen LogP contribution in [-0.2, 0) is 20.3 Å². The summed E-state index contributed by atoms with van der Waals surface area (Å²) in [5, 5.41) is 3.62. The second-order valence-corrected chi connectivity index (χ2v) is 4.75. The molecule has 16 heavy (non-hydrogen) atoms. The van der Waals surface area contributed by atoms with E-state index in [1.54, 1.807) is 6.92 Å². The van der Waals surface area contributed by atoms with Crippen molar-refractivity contribution in [3.05, 3.63) is 0 Å². The van der Waals surface area contributed by atoms with E-state index < -0.39 is 17.4 Å². The summed E-state index contributed by atoms with van der Waals surface area (Å²) in [5.41, 5.74) is 0. The zero-order valence-electron chi connectivity index (χ0n) is 9.50. The highest BCUT2D eigenvalue weighted by atomic mass is 32.2.